The summed E-state index contributed by atoms with van der Waals surface area (Å²) in [6.07, 6.45) is 0.0161. The molecule has 2 unspecified atom stereocenters. The Morgan fingerprint density at radius 3 is 1.84 bits per heavy atom. The van der Waals surface area contributed by atoms with Crippen molar-refractivity contribution in [1.29, 1.82) is 0 Å². The summed E-state index contributed by atoms with van der Waals surface area (Å²) < 4.78 is 5.66. The first kappa shape index (κ1) is 16.2. The van der Waals surface area contributed by atoms with Crippen molar-refractivity contribution >= 4 is 0 Å². The van der Waals surface area contributed by atoms with Gasteiger partial charge in [-0.25, -0.2) is 0 Å². The first-order valence-corrected chi connectivity index (χ1v) is 6.90. The maximum atomic E-state index is 5.75. The van der Waals surface area contributed by atoms with Crippen LogP contribution in [0.2, 0.25) is 0 Å². The van der Waals surface area contributed by atoms with E-state index in [0.29, 0.717) is 5.92 Å². The van der Waals surface area contributed by atoms with Gasteiger partial charge in [0.25, 0.3) is 0 Å². The number of ether oxygens (including phenoxy) is 1. The molecule has 0 fully saturated rings. The molecule has 0 amide bonds. The van der Waals surface area contributed by atoms with Gasteiger partial charge in [-0.3, -0.25) is 11.3 Å². The number of hydrogen-bond acceptors (Lipinski definition) is 3. The Hall–Kier alpha value is -0.900. The van der Waals surface area contributed by atoms with Crippen LogP contribution in [0.4, 0.5) is 0 Å². The number of nitrogens with one attached hydrogen (secondary N) is 1. The lowest BCUT2D eigenvalue weighted by atomic mass is 9.82. The monoisotopic (exact) mass is 264 g/mol. The second kappa shape index (κ2) is 6.51. The molecule has 108 valence electrons. The van der Waals surface area contributed by atoms with Crippen molar-refractivity contribution in [3.63, 3.8) is 0 Å². The fraction of sp³-hybridized carbons (Fsp3) is 0.625. The Morgan fingerprint density at radius 2 is 1.53 bits per heavy atom. The largest absolute Gasteiger partial charge is 0.379 e. The quantitative estimate of drug-likeness (QED) is 0.633. The van der Waals surface area contributed by atoms with E-state index in [1.54, 1.807) is 7.11 Å². The lowest BCUT2D eigenvalue weighted by Gasteiger charge is -2.36. The van der Waals surface area contributed by atoms with Crippen LogP contribution < -0.4 is 11.3 Å². The molecule has 0 saturated heterocycles. The van der Waals surface area contributed by atoms with Crippen LogP contribution >= 0.6 is 0 Å². The smallest absolute Gasteiger partial charge is 0.0827 e. The third kappa shape index (κ3) is 4.03. The predicted octanol–water partition coefficient (Wildman–Crippen LogP) is 3.38. The van der Waals surface area contributed by atoms with Crippen LogP contribution in [-0.2, 0) is 4.74 Å². The standard InChI is InChI=1S/C16H28N2O/c1-11(2)12-7-9-13(10-8-12)14(18-17)15(19-6)16(3,4)5/h7-11,14-15,18H,17H2,1-6H3. The average molecular weight is 264 g/mol. The molecule has 0 aliphatic rings. The highest BCUT2D eigenvalue weighted by Crippen LogP contribution is 2.32. The summed E-state index contributed by atoms with van der Waals surface area (Å²) in [7, 11) is 1.74. The van der Waals surface area contributed by atoms with Crippen LogP contribution in [0.5, 0.6) is 0 Å². The van der Waals surface area contributed by atoms with Gasteiger partial charge in [0.05, 0.1) is 12.1 Å². The van der Waals surface area contributed by atoms with E-state index in [1.165, 1.54) is 5.56 Å². The molecule has 0 radical (unpaired) electrons. The van der Waals surface area contributed by atoms with Crippen LogP contribution in [0.25, 0.3) is 0 Å². The minimum Gasteiger partial charge on any atom is -0.379 e. The molecule has 0 aromatic heterocycles. The highest BCUT2D eigenvalue weighted by Gasteiger charge is 2.32. The number of benzene rings is 1. The topological polar surface area (TPSA) is 47.3 Å². The van der Waals surface area contributed by atoms with Crippen LogP contribution in [0.15, 0.2) is 24.3 Å². The summed E-state index contributed by atoms with van der Waals surface area (Å²) in [5, 5.41) is 0. The zero-order valence-corrected chi connectivity index (χ0v) is 13.0. The zero-order valence-electron chi connectivity index (χ0n) is 13.0. The first-order valence-electron chi connectivity index (χ1n) is 6.90. The van der Waals surface area contributed by atoms with Gasteiger partial charge in [0.2, 0.25) is 0 Å². The number of nitrogens with two attached hydrogens (primary N) is 1. The Bertz CT molecular complexity index is 379. The number of hydrazine groups is 1. The fourth-order valence-corrected chi connectivity index (χ4v) is 2.44. The van der Waals surface area contributed by atoms with Gasteiger partial charge in [0.15, 0.2) is 0 Å². The van der Waals surface area contributed by atoms with E-state index in [4.69, 9.17) is 10.6 Å². The van der Waals surface area contributed by atoms with Crippen molar-refractivity contribution in [3.05, 3.63) is 35.4 Å². The lowest BCUT2D eigenvalue weighted by Crippen LogP contribution is -2.44. The van der Waals surface area contributed by atoms with Crippen molar-refractivity contribution in [3.8, 4) is 0 Å². The summed E-state index contributed by atoms with van der Waals surface area (Å²) in [6.45, 7) is 10.9. The molecule has 3 N–H and O–H groups in total. The highest BCUT2D eigenvalue weighted by atomic mass is 16.5. The first-order chi connectivity index (χ1) is 8.81. The molecule has 0 aliphatic carbocycles. The van der Waals surface area contributed by atoms with E-state index in [0.717, 1.165) is 5.56 Å². The third-order valence-electron chi connectivity index (χ3n) is 3.55. The fourth-order valence-electron chi connectivity index (χ4n) is 2.44. The molecule has 3 heteroatoms. The second-order valence-corrected chi connectivity index (χ2v) is 6.49. The second-order valence-electron chi connectivity index (χ2n) is 6.49. The summed E-state index contributed by atoms with van der Waals surface area (Å²) in [5.41, 5.74) is 5.41. The van der Waals surface area contributed by atoms with E-state index in [9.17, 15) is 0 Å². The van der Waals surface area contributed by atoms with Crippen molar-refractivity contribution < 1.29 is 4.74 Å². The van der Waals surface area contributed by atoms with Gasteiger partial charge in [-0.15, -0.1) is 0 Å². The van der Waals surface area contributed by atoms with Crippen molar-refractivity contribution in [2.75, 3.05) is 7.11 Å². The lowest BCUT2D eigenvalue weighted by molar-refractivity contribution is -0.0120. The van der Waals surface area contributed by atoms with Gasteiger partial charge in [-0.1, -0.05) is 58.9 Å². The molecule has 0 heterocycles. The van der Waals surface area contributed by atoms with Crippen LogP contribution in [-0.4, -0.2) is 13.2 Å². The SMILES string of the molecule is COC(C(NN)c1ccc(C(C)C)cc1)C(C)(C)C. The number of methoxy groups -OCH3 is 1. The van der Waals surface area contributed by atoms with E-state index in [1.807, 2.05) is 0 Å². The molecular weight excluding hydrogens is 236 g/mol. The molecule has 1 rings (SSSR count). The molecule has 2 atom stereocenters. The zero-order chi connectivity index (χ0) is 14.6. The van der Waals surface area contributed by atoms with Crippen LogP contribution in [0.3, 0.4) is 0 Å². The number of hydrogen-bond donors (Lipinski definition) is 2. The Kier molecular flexibility index (Phi) is 5.53. The highest BCUT2D eigenvalue weighted by molar-refractivity contribution is 5.27. The van der Waals surface area contributed by atoms with Crippen molar-refractivity contribution in [2.24, 2.45) is 11.3 Å². The van der Waals surface area contributed by atoms with E-state index < -0.39 is 0 Å². The van der Waals surface area contributed by atoms with Crippen LogP contribution in [0.1, 0.15) is 57.7 Å². The summed E-state index contributed by atoms with van der Waals surface area (Å²) >= 11 is 0. The van der Waals surface area contributed by atoms with E-state index >= 15 is 0 Å². The minimum atomic E-state index is -0.00814. The van der Waals surface area contributed by atoms with E-state index in [2.05, 4.69) is 64.3 Å². The van der Waals surface area contributed by atoms with E-state index in [-0.39, 0.29) is 17.6 Å². The molecule has 0 aliphatic heterocycles. The van der Waals surface area contributed by atoms with Gasteiger partial charge >= 0.3 is 0 Å². The number of rotatable bonds is 5. The molecule has 19 heavy (non-hydrogen) atoms. The summed E-state index contributed by atoms with van der Waals surface area (Å²) in [6, 6.07) is 8.60. The normalized spacial score (nSPS) is 15.6. The third-order valence-corrected chi connectivity index (χ3v) is 3.55. The van der Waals surface area contributed by atoms with Gasteiger partial charge in [0.1, 0.15) is 0 Å². The summed E-state index contributed by atoms with van der Waals surface area (Å²) in [4.78, 5) is 0. The van der Waals surface area contributed by atoms with Gasteiger partial charge in [-0.2, -0.15) is 0 Å². The summed E-state index contributed by atoms with van der Waals surface area (Å²) in [5.74, 6) is 6.29. The predicted molar refractivity (Wildman–Crippen MR) is 80.8 cm³/mol. The maximum absolute atomic E-state index is 5.75. The average Bonchev–Trinajstić information content (AvgIpc) is 2.34. The molecule has 1 aromatic rings. The molecule has 1 aromatic carbocycles. The van der Waals surface area contributed by atoms with Gasteiger partial charge in [0, 0.05) is 7.11 Å². The molecular formula is C16H28N2O. The molecule has 0 bridgehead atoms. The molecule has 0 saturated carbocycles. The minimum absolute atomic E-state index is 0.00814. The molecule has 0 spiro atoms. The maximum Gasteiger partial charge on any atom is 0.0827 e. The Morgan fingerprint density at radius 1 is 1.05 bits per heavy atom. The van der Waals surface area contributed by atoms with Gasteiger partial charge < -0.3 is 4.74 Å². The van der Waals surface area contributed by atoms with Crippen molar-refractivity contribution in [1.82, 2.24) is 5.43 Å². The van der Waals surface area contributed by atoms with Gasteiger partial charge in [-0.05, 0) is 22.5 Å². The Labute approximate surface area is 117 Å². The van der Waals surface area contributed by atoms with Crippen LogP contribution in [0, 0.1) is 5.41 Å². The van der Waals surface area contributed by atoms with Crippen molar-refractivity contribution in [2.45, 2.75) is 52.7 Å². The molecule has 3 nitrogen and oxygen atoms in total. The Balaban J connectivity index is 3.02.